The van der Waals surface area contributed by atoms with E-state index in [1.54, 1.807) is 7.11 Å². The Balaban J connectivity index is 2.52. The molecule has 3 nitrogen and oxygen atoms in total. The topological polar surface area (TPSA) is 49.7 Å². The van der Waals surface area contributed by atoms with Crippen LogP contribution in [0.1, 0.15) is 38.7 Å². The van der Waals surface area contributed by atoms with Gasteiger partial charge in [0.05, 0.1) is 13.2 Å². The van der Waals surface area contributed by atoms with Crippen LogP contribution >= 0.6 is 0 Å². The summed E-state index contributed by atoms with van der Waals surface area (Å²) in [6.07, 6.45) is 1.71. The van der Waals surface area contributed by atoms with Gasteiger partial charge in [-0.25, -0.2) is 0 Å². The molecule has 100 valence electrons. The summed E-state index contributed by atoms with van der Waals surface area (Å²) >= 11 is 0. The summed E-state index contributed by atoms with van der Waals surface area (Å²) in [7, 11) is 1.61. The summed E-state index contributed by atoms with van der Waals surface area (Å²) < 4.78 is 5.35. The highest BCUT2D eigenvalue weighted by Gasteiger charge is 2.52. The van der Waals surface area contributed by atoms with Crippen molar-refractivity contribution < 1.29 is 14.9 Å². The first kappa shape index (κ1) is 13.4. The van der Waals surface area contributed by atoms with E-state index in [9.17, 15) is 10.2 Å². The van der Waals surface area contributed by atoms with Crippen LogP contribution in [0, 0.1) is 5.41 Å². The van der Waals surface area contributed by atoms with Crippen LogP contribution in [-0.4, -0.2) is 23.4 Å². The molecule has 3 heteroatoms. The van der Waals surface area contributed by atoms with E-state index in [2.05, 4.69) is 0 Å². The van der Waals surface area contributed by atoms with Gasteiger partial charge >= 0.3 is 0 Å². The third kappa shape index (κ3) is 1.82. The molecule has 2 N–H and O–H groups in total. The molecule has 2 atom stereocenters. The second kappa shape index (κ2) is 4.56. The molecular weight excluding hydrogens is 228 g/mol. The van der Waals surface area contributed by atoms with E-state index in [0.717, 1.165) is 18.4 Å². The SMILES string of the molecule is COc1ccccc1[C@@]1(O)CCC[C@H](O)C1(C)C. The lowest BCUT2D eigenvalue weighted by atomic mass is 9.61. The van der Waals surface area contributed by atoms with E-state index in [0.29, 0.717) is 12.2 Å². The Morgan fingerprint density at radius 1 is 1.28 bits per heavy atom. The van der Waals surface area contributed by atoms with Gasteiger partial charge in [-0.3, -0.25) is 0 Å². The van der Waals surface area contributed by atoms with Crippen LogP contribution in [0.25, 0.3) is 0 Å². The van der Waals surface area contributed by atoms with Crippen LogP contribution in [0.5, 0.6) is 5.75 Å². The Hall–Kier alpha value is -1.06. The van der Waals surface area contributed by atoms with Crippen molar-refractivity contribution in [2.45, 2.75) is 44.8 Å². The van der Waals surface area contributed by atoms with Gasteiger partial charge in [-0.1, -0.05) is 32.0 Å². The minimum atomic E-state index is -1.04. The molecule has 0 heterocycles. The lowest BCUT2D eigenvalue weighted by Crippen LogP contribution is -2.52. The summed E-state index contributed by atoms with van der Waals surface area (Å²) in [5.74, 6) is 0.683. The highest BCUT2D eigenvalue weighted by atomic mass is 16.5. The van der Waals surface area contributed by atoms with Gasteiger partial charge in [-0.2, -0.15) is 0 Å². The van der Waals surface area contributed by atoms with Gasteiger partial charge < -0.3 is 14.9 Å². The standard InChI is InChI=1S/C15H22O3/c1-14(2)13(16)9-6-10-15(14,17)11-7-4-5-8-12(11)18-3/h4-5,7-8,13,16-17H,6,9-10H2,1-3H3/t13-,15-/m0/s1. The fourth-order valence-corrected chi connectivity index (χ4v) is 2.98. The molecule has 0 radical (unpaired) electrons. The van der Waals surface area contributed by atoms with E-state index in [4.69, 9.17) is 4.74 Å². The van der Waals surface area contributed by atoms with Crippen molar-refractivity contribution in [2.24, 2.45) is 5.41 Å². The van der Waals surface area contributed by atoms with E-state index >= 15 is 0 Å². The van der Waals surface area contributed by atoms with Gasteiger partial charge in [0.2, 0.25) is 0 Å². The molecule has 2 rings (SSSR count). The summed E-state index contributed by atoms with van der Waals surface area (Å²) in [6, 6.07) is 7.52. The second-order valence-electron chi connectivity index (χ2n) is 5.69. The van der Waals surface area contributed by atoms with Crippen LogP contribution in [0.2, 0.25) is 0 Å². The molecule has 1 fully saturated rings. The number of aliphatic hydroxyl groups is 2. The molecule has 1 aromatic rings. The smallest absolute Gasteiger partial charge is 0.124 e. The number of methoxy groups -OCH3 is 1. The van der Waals surface area contributed by atoms with E-state index < -0.39 is 17.1 Å². The zero-order valence-corrected chi connectivity index (χ0v) is 11.3. The molecule has 0 bridgehead atoms. The van der Waals surface area contributed by atoms with Gasteiger partial charge in [0, 0.05) is 11.0 Å². The minimum Gasteiger partial charge on any atom is -0.496 e. The maximum atomic E-state index is 11.1. The van der Waals surface area contributed by atoms with Gasteiger partial charge in [0.1, 0.15) is 11.4 Å². The van der Waals surface area contributed by atoms with Crippen LogP contribution in [-0.2, 0) is 5.60 Å². The zero-order valence-electron chi connectivity index (χ0n) is 11.3. The third-order valence-electron chi connectivity index (χ3n) is 4.47. The highest BCUT2D eigenvalue weighted by Crippen LogP contribution is 2.52. The van der Waals surface area contributed by atoms with E-state index in [1.807, 2.05) is 38.1 Å². The van der Waals surface area contributed by atoms with Crippen molar-refractivity contribution >= 4 is 0 Å². The van der Waals surface area contributed by atoms with Crippen LogP contribution in [0.3, 0.4) is 0 Å². The molecule has 0 aliphatic heterocycles. The molecule has 0 saturated heterocycles. The Morgan fingerprint density at radius 3 is 2.61 bits per heavy atom. The normalized spacial score (nSPS) is 31.1. The molecule has 1 aromatic carbocycles. The largest absolute Gasteiger partial charge is 0.496 e. The third-order valence-corrected chi connectivity index (χ3v) is 4.47. The molecule has 0 amide bonds. The molecular formula is C15H22O3. The van der Waals surface area contributed by atoms with Crippen LogP contribution in [0.4, 0.5) is 0 Å². The molecule has 1 aliphatic rings. The summed E-state index contributed by atoms with van der Waals surface area (Å²) in [6.45, 7) is 3.84. The maximum Gasteiger partial charge on any atom is 0.124 e. The van der Waals surface area contributed by atoms with Crippen molar-refractivity contribution in [1.82, 2.24) is 0 Å². The lowest BCUT2D eigenvalue weighted by molar-refractivity contribution is -0.161. The Labute approximate surface area is 108 Å². The minimum absolute atomic E-state index is 0.499. The first-order chi connectivity index (χ1) is 8.43. The number of hydrogen-bond acceptors (Lipinski definition) is 3. The number of ether oxygens (including phenoxy) is 1. The summed E-state index contributed by atoms with van der Waals surface area (Å²) in [4.78, 5) is 0. The molecule has 18 heavy (non-hydrogen) atoms. The Bertz CT molecular complexity index is 428. The number of aliphatic hydroxyl groups excluding tert-OH is 1. The zero-order chi connectivity index (χ0) is 13.4. The number of para-hydroxylation sites is 1. The molecule has 1 saturated carbocycles. The highest BCUT2D eigenvalue weighted by molar-refractivity contribution is 5.40. The van der Waals surface area contributed by atoms with Crippen LogP contribution in [0.15, 0.2) is 24.3 Å². The van der Waals surface area contributed by atoms with Gasteiger partial charge in [0.25, 0.3) is 0 Å². The van der Waals surface area contributed by atoms with Crippen molar-refractivity contribution in [3.8, 4) is 5.75 Å². The van der Waals surface area contributed by atoms with Gasteiger partial charge in [0.15, 0.2) is 0 Å². The Kier molecular flexibility index (Phi) is 3.39. The monoisotopic (exact) mass is 250 g/mol. The maximum absolute atomic E-state index is 11.1. The number of benzene rings is 1. The van der Waals surface area contributed by atoms with Crippen LogP contribution < -0.4 is 4.74 Å². The van der Waals surface area contributed by atoms with Crippen molar-refractivity contribution in [1.29, 1.82) is 0 Å². The first-order valence-electron chi connectivity index (χ1n) is 6.47. The second-order valence-corrected chi connectivity index (χ2v) is 5.69. The molecule has 0 unspecified atom stereocenters. The summed E-state index contributed by atoms with van der Waals surface area (Å²) in [5.41, 5.74) is -0.854. The number of rotatable bonds is 2. The average Bonchev–Trinajstić information content (AvgIpc) is 2.36. The molecule has 0 spiro atoms. The molecule has 0 aromatic heterocycles. The van der Waals surface area contributed by atoms with Crippen molar-refractivity contribution in [2.75, 3.05) is 7.11 Å². The quantitative estimate of drug-likeness (QED) is 0.847. The van der Waals surface area contributed by atoms with Crippen molar-refractivity contribution in [3.05, 3.63) is 29.8 Å². The summed E-state index contributed by atoms with van der Waals surface area (Å²) in [5, 5.41) is 21.3. The predicted octanol–water partition coefficient (Wildman–Crippen LogP) is 2.45. The van der Waals surface area contributed by atoms with Gasteiger partial charge in [-0.15, -0.1) is 0 Å². The number of hydrogen-bond donors (Lipinski definition) is 2. The molecule has 1 aliphatic carbocycles. The van der Waals surface area contributed by atoms with E-state index in [-0.39, 0.29) is 0 Å². The van der Waals surface area contributed by atoms with Gasteiger partial charge in [-0.05, 0) is 25.3 Å². The lowest BCUT2D eigenvalue weighted by Gasteiger charge is -2.49. The predicted molar refractivity (Wildman–Crippen MR) is 70.5 cm³/mol. The van der Waals surface area contributed by atoms with Crippen molar-refractivity contribution in [3.63, 3.8) is 0 Å². The fourth-order valence-electron chi connectivity index (χ4n) is 2.98. The average molecular weight is 250 g/mol. The Morgan fingerprint density at radius 2 is 1.94 bits per heavy atom. The fraction of sp³-hybridized carbons (Fsp3) is 0.600. The first-order valence-corrected chi connectivity index (χ1v) is 6.47. The van der Waals surface area contributed by atoms with E-state index in [1.165, 1.54) is 0 Å².